The van der Waals surface area contributed by atoms with E-state index in [-0.39, 0.29) is 0 Å². The van der Waals surface area contributed by atoms with Crippen molar-refractivity contribution in [2.45, 2.75) is 39.2 Å². The number of nitriles is 1. The Morgan fingerprint density at radius 1 is 1.17 bits per heavy atom. The molecule has 1 unspecified atom stereocenters. The lowest BCUT2D eigenvalue weighted by molar-refractivity contribution is 0.306. The van der Waals surface area contributed by atoms with Crippen molar-refractivity contribution in [2.24, 2.45) is 5.92 Å². The standard InChI is InChI=1S/C25H25N3O/c1-2-17-11-12-23-21(13-17)24(22(15-26)25(27)28-23)19-9-6-10-20(14-19)29-16-18-7-4-3-5-8-18/h3-10,14,17H,2,11-13,16H2,1H3,(H2,27,28). The van der Waals surface area contributed by atoms with Crippen LogP contribution in [-0.2, 0) is 19.4 Å². The molecule has 4 rings (SSSR count). The molecular weight excluding hydrogens is 358 g/mol. The third kappa shape index (κ3) is 3.95. The number of hydrogen-bond acceptors (Lipinski definition) is 4. The van der Waals surface area contributed by atoms with Crippen molar-refractivity contribution in [1.82, 2.24) is 4.98 Å². The number of rotatable bonds is 5. The van der Waals surface area contributed by atoms with Crippen molar-refractivity contribution in [3.8, 4) is 22.9 Å². The zero-order chi connectivity index (χ0) is 20.2. The molecule has 4 nitrogen and oxygen atoms in total. The summed E-state index contributed by atoms with van der Waals surface area (Å²) >= 11 is 0. The fraction of sp³-hybridized carbons (Fsp3) is 0.280. The normalized spacial score (nSPS) is 15.4. The van der Waals surface area contributed by atoms with E-state index in [0.717, 1.165) is 53.8 Å². The molecule has 0 aliphatic heterocycles. The second-order valence-corrected chi connectivity index (χ2v) is 7.60. The van der Waals surface area contributed by atoms with Gasteiger partial charge in [-0.15, -0.1) is 0 Å². The molecule has 0 radical (unpaired) electrons. The molecule has 1 aliphatic carbocycles. The Morgan fingerprint density at radius 3 is 2.76 bits per heavy atom. The van der Waals surface area contributed by atoms with Crippen LogP contribution in [0.25, 0.3) is 11.1 Å². The monoisotopic (exact) mass is 383 g/mol. The van der Waals surface area contributed by atoms with Crippen molar-refractivity contribution in [3.05, 3.63) is 77.0 Å². The average Bonchev–Trinajstić information content (AvgIpc) is 2.77. The second kappa shape index (κ2) is 8.36. The molecule has 2 aromatic carbocycles. The quantitative estimate of drug-likeness (QED) is 0.649. The van der Waals surface area contributed by atoms with E-state index >= 15 is 0 Å². The smallest absolute Gasteiger partial charge is 0.142 e. The Hall–Kier alpha value is -3.32. The Labute approximate surface area is 172 Å². The van der Waals surface area contributed by atoms with E-state index in [4.69, 9.17) is 10.5 Å². The highest BCUT2D eigenvalue weighted by atomic mass is 16.5. The summed E-state index contributed by atoms with van der Waals surface area (Å²) in [7, 11) is 0. The molecule has 0 bridgehead atoms. The van der Waals surface area contributed by atoms with E-state index in [9.17, 15) is 5.26 Å². The van der Waals surface area contributed by atoms with Gasteiger partial charge in [-0.25, -0.2) is 4.98 Å². The SMILES string of the molecule is CCC1CCc2nc(N)c(C#N)c(-c3cccc(OCc4ccccc4)c3)c2C1. The van der Waals surface area contributed by atoms with Gasteiger partial charge in [0.1, 0.15) is 29.8 Å². The van der Waals surface area contributed by atoms with E-state index < -0.39 is 0 Å². The summed E-state index contributed by atoms with van der Waals surface area (Å²) in [6.07, 6.45) is 4.12. The van der Waals surface area contributed by atoms with Gasteiger partial charge < -0.3 is 10.5 Å². The number of fused-ring (bicyclic) bond motifs is 1. The van der Waals surface area contributed by atoms with E-state index in [1.165, 1.54) is 5.56 Å². The first kappa shape index (κ1) is 19.0. The van der Waals surface area contributed by atoms with Gasteiger partial charge in [-0.05, 0) is 54.0 Å². The highest BCUT2D eigenvalue weighted by molar-refractivity contribution is 5.80. The number of nitrogens with zero attached hydrogens (tertiary/aromatic N) is 2. The predicted octanol–water partition coefficient (Wildman–Crippen LogP) is 5.30. The molecule has 1 aliphatic rings. The zero-order valence-corrected chi connectivity index (χ0v) is 16.7. The van der Waals surface area contributed by atoms with Crippen LogP contribution in [0.3, 0.4) is 0 Å². The maximum atomic E-state index is 9.81. The van der Waals surface area contributed by atoms with Crippen LogP contribution in [0.4, 0.5) is 5.82 Å². The van der Waals surface area contributed by atoms with Crippen LogP contribution in [0.1, 0.15) is 42.1 Å². The largest absolute Gasteiger partial charge is 0.489 e. The van der Waals surface area contributed by atoms with Crippen molar-refractivity contribution < 1.29 is 4.74 Å². The molecule has 4 heteroatoms. The minimum Gasteiger partial charge on any atom is -0.489 e. The van der Waals surface area contributed by atoms with Gasteiger partial charge >= 0.3 is 0 Å². The van der Waals surface area contributed by atoms with Gasteiger partial charge in [-0.3, -0.25) is 0 Å². The predicted molar refractivity (Wildman–Crippen MR) is 115 cm³/mol. The lowest BCUT2D eigenvalue weighted by atomic mass is 9.80. The molecule has 0 amide bonds. The number of ether oxygens (including phenoxy) is 1. The highest BCUT2D eigenvalue weighted by Gasteiger charge is 2.26. The number of anilines is 1. The van der Waals surface area contributed by atoms with Crippen LogP contribution in [0.15, 0.2) is 54.6 Å². The van der Waals surface area contributed by atoms with Gasteiger partial charge in [0.05, 0.1) is 0 Å². The number of aryl methyl sites for hydroxylation is 1. The Balaban J connectivity index is 1.73. The van der Waals surface area contributed by atoms with Crippen LogP contribution in [0, 0.1) is 17.2 Å². The minimum absolute atomic E-state index is 0.326. The second-order valence-electron chi connectivity index (χ2n) is 7.60. The summed E-state index contributed by atoms with van der Waals surface area (Å²) in [6, 6.07) is 20.3. The summed E-state index contributed by atoms with van der Waals surface area (Å²) < 4.78 is 6.01. The summed E-state index contributed by atoms with van der Waals surface area (Å²) in [5.74, 6) is 1.73. The van der Waals surface area contributed by atoms with Crippen LogP contribution in [0.2, 0.25) is 0 Å². The summed E-state index contributed by atoms with van der Waals surface area (Å²) in [5.41, 5.74) is 11.9. The van der Waals surface area contributed by atoms with Crippen molar-refractivity contribution in [1.29, 1.82) is 5.26 Å². The van der Waals surface area contributed by atoms with Crippen LogP contribution >= 0.6 is 0 Å². The number of hydrogen-bond donors (Lipinski definition) is 1. The maximum absolute atomic E-state index is 9.81. The lowest BCUT2D eigenvalue weighted by Gasteiger charge is -2.26. The van der Waals surface area contributed by atoms with Crippen molar-refractivity contribution >= 4 is 5.82 Å². The molecule has 1 heterocycles. The van der Waals surface area contributed by atoms with Gasteiger partial charge in [0.25, 0.3) is 0 Å². The van der Waals surface area contributed by atoms with E-state index in [1.54, 1.807) is 0 Å². The topological polar surface area (TPSA) is 71.9 Å². The first-order valence-corrected chi connectivity index (χ1v) is 10.2. The third-order valence-electron chi connectivity index (χ3n) is 5.75. The van der Waals surface area contributed by atoms with Gasteiger partial charge in [-0.1, -0.05) is 55.8 Å². The molecule has 0 spiro atoms. The summed E-state index contributed by atoms with van der Waals surface area (Å²) in [4.78, 5) is 4.56. The van der Waals surface area contributed by atoms with Gasteiger partial charge in [0.2, 0.25) is 0 Å². The number of benzene rings is 2. The lowest BCUT2D eigenvalue weighted by Crippen LogP contribution is -2.18. The van der Waals surface area contributed by atoms with Gasteiger partial charge in [0.15, 0.2) is 0 Å². The van der Waals surface area contributed by atoms with Gasteiger partial charge in [0, 0.05) is 11.3 Å². The minimum atomic E-state index is 0.326. The number of aromatic nitrogens is 1. The third-order valence-corrected chi connectivity index (χ3v) is 5.75. The molecule has 1 aromatic heterocycles. The molecule has 0 saturated carbocycles. The Bertz CT molecular complexity index is 1050. The molecule has 1 atom stereocenters. The van der Waals surface area contributed by atoms with Crippen LogP contribution in [0.5, 0.6) is 5.75 Å². The Morgan fingerprint density at radius 2 is 2.00 bits per heavy atom. The van der Waals surface area contributed by atoms with Gasteiger partial charge in [-0.2, -0.15) is 5.26 Å². The molecule has 146 valence electrons. The molecule has 0 fully saturated rings. The Kier molecular flexibility index (Phi) is 5.48. The number of pyridine rings is 1. The molecular formula is C25H25N3O. The van der Waals surface area contributed by atoms with Crippen LogP contribution in [-0.4, -0.2) is 4.98 Å². The molecule has 3 aromatic rings. The number of nitrogen functional groups attached to an aromatic ring is 1. The summed E-state index contributed by atoms with van der Waals surface area (Å²) in [6.45, 7) is 2.73. The molecule has 0 saturated heterocycles. The highest BCUT2D eigenvalue weighted by Crippen LogP contribution is 2.39. The average molecular weight is 383 g/mol. The summed E-state index contributed by atoms with van der Waals surface area (Å²) in [5, 5.41) is 9.81. The molecule has 29 heavy (non-hydrogen) atoms. The van der Waals surface area contributed by atoms with Crippen molar-refractivity contribution in [3.63, 3.8) is 0 Å². The zero-order valence-electron chi connectivity index (χ0n) is 16.7. The van der Waals surface area contributed by atoms with E-state index in [0.29, 0.717) is 23.9 Å². The van der Waals surface area contributed by atoms with E-state index in [2.05, 4.69) is 18.0 Å². The van der Waals surface area contributed by atoms with E-state index in [1.807, 2.05) is 54.6 Å². The maximum Gasteiger partial charge on any atom is 0.142 e. The van der Waals surface area contributed by atoms with Crippen molar-refractivity contribution in [2.75, 3.05) is 5.73 Å². The fourth-order valence-corrected chi connectivity index (χ4v) is 4.11. The first-order chi connectivity index (χ1) is 14.2. The number of nitrogens with two attached hydrogens (primary N) is 1. The van der Waals surface area contributed by atoms with Crippen LogP contribution < -0.4 is 10.5 Å². The fourth-order valence-electron chi connectivity index (χ4n) is 4.11. The first-order valence-electron chi connectivity index (χ1n) is 10.2. The molecule has 2 N–H and O–H groups in total.